The third-order valence-corrected chi connectivity index (χ3v) is 2.99. The minimum Gasteiger partial charge on any atom is -0.480 e. The van der Waals surface area contributed by atoms with Crippen molar-refractivity contribution >= 4 is 23.3 Å². The first kappa shape index (κ1) is 10.9. The van der Waals surface area contributed by atoms with Gasteiger partial charge < -0.3 is 10.0 Å². The molecule has 86 valence electrons. The number of nitrogens with one attached hydrogen (secondary N) is 1. The van der Waals surface area contributed by atoms with Gasteiger partial charge in [0.25, 0.3) is 5.56 Å². The van der Waals surface area contributed by atoms with E-state index >= 15 is 0 Å². The van der Waals surface area contributed by atoms with Crippen LogP contribution in [0.25, 0.3) is 0 Å². The Kier molecular flexibility index (Phi) is 2.82. The smallest absolute Gasteiger partial charge is 0.326 e. The minimum absolute atomic E-state index is 0.0110. The number of nitrogens with zero attached hydrogens (tertiary/aromatic N) is 2. The number of anilines is 1. The number of aromatic amines is 1. The van der Waals surface area contributed by atoms with Gasteiger partial charge in [-0.3, -0.25) is 4.79 Å². The molecule has 1 aliphatic rings. The molecule has 1 atom stereocenters. The Morgan fingerprint density at radius 1 is 1.69 bits per heavy atom. The second-order valence-corrected chi connectivity index (χ2v) is 3.97. The zero-order valence-corrected chi connectivity index (χ0v) is 9.07. The predicted octanol–water partition coefficient (Wildman–Crippen LogP) is 0.477. The van der Waals surface area contributed by atoms with E-state index in [0.29, 0.717) is 18.7 Å². The van der Waals surface area contributed by atoms with E-state index < -0.39 is 17.6 Å². The summed E-state index contributed by atoms with van der Waals surface area (Å²) in [6, 6.07) is -0.624. The zero-order chi connectivity index (χ0) is 11.7. The van der Waals surface area contributed by atoms with E-state index in [2.05, 4.69) is 10.2 Å². The number of carboxylic acid groups (broad SMARTS) is 1. The number of hydrogen-bond acceptors (Lipinski definition) is 4. The highest BCUT2D eigenvalue weighted by Gasteiger charge is 2.32. The van der Waals surface area contributed by atoms with Crippen LogP contribution in [0.4, 0.5) is 5.69 Å². The quantitative estimate of drug-likeness (QED) is 0.789. The van der Waals surface area contributed by atoms with Crippen LogP contribution in [0.2, 0.25) is 5.02 Å². The fraction of sp³-hybridized carbons (Fsp3) is 0.444. The Hall–Kier alpha value is -1.56. The molecular weight excluding hydrogens is 234 g/mol. The molecule has 0 bridgehead atoms. The van der Waals surface area contributed by atoms with E-state index in [4.69, 9.17) is 16.7 Å². The van der Waals surface area contributed by atoms with Crippen LogP contribution in [0.5, 0.6) is 0 Å². The van der Waals surface area contributed by atoms with E-state index in [1.165, 1.54) is 6.20 Å². The first-order valence-electron chi connectivity index (χ1n) is 4.84. The van der Waals surface area contributed by atoms with E-state index in [9.17, 15) is 9.59 Å². The lowest BCUT2D eigenvalue weighted by atomic mass is 10.2. The van der Waals surface area contributed by atoms with Crippen molar-refractivity contribution in [2.75, 3.05) is 11.4 Å². The molecule has 1 fully saturated rings. The first-order chi connectivity index (χ1) is 7.61. The van der Waals surface area contributed by atoms with Crippen molar-refractivity contribution in [1.82, 2.24) is 10.2 Å². The molecular formula is C9H10ClN3O3. The van der Waals surface area contributed by atoms with Crippen molar-refractivity contribution in [3.05, 3.63) is 21.6 Å². The number of H-pyrrole nitrogens is 1. The molecule has 7 heteroatoms. The third kappa shape index (κ3) is 1.76. The number of rotatable bonds is 2. The van der Waals surface area contributed by atoms with Crippen LogP contribution in [0, 0.1) is 0 Å². The summed E-state index contributed by atoms with van der Waals surface area (Å²) in [6.07, 6.45) is 2.70. The second kappa shape index (κ2) is 4.13. The molecule has 0 spiro atoms. The van der Waals surface area contributed by atoms with Gasteiger partial charge in [-0.15, -0.1) is 0 Å². The molecule has 2 rings (SSSR count). The molecule has 2 N–H and O–H groups in total. The van der Waals surface area contributed by atoms with Gasteiger partial charge in [0.2, 0.25) is 0 Å². The van der Waals surface area contributed by atoms with Crippen LogP contribution in [0.15, 0.2) is 11.0 Å². The van der Waals surface area contributed by atoms with Crippen LogP contribution < -0.4 is 10.5 Å². The molecule has 1 saturated heterocycles. The standard InChI is InChI=1S/C9H10ClN3O3/c10-7-6(4-11-12-8(7)14)13-3-1-2-5(13)9(15)16/h4-5H,1-3H2,(H,12,14)(H,15,16)/t5-/m1/s1. The van der Waals surface area contributed by atoms with Gasteiger partial charge >= 0.3 is 5.97 Å². The van der Waals surface area contributed by atoms with Gasteiger partial charge in [-0.05, 0) is 12.8 Å². The van der Waals surface area contributed by atoms with E-state index in [1.807, 2.05) is 0 Å². The number of carbonyl (C=O) groups is 1. The average Bonchev–Trinajstić information content (AvgIpc) is 2.70. The number of halogens is 1. The number of aliphatic carboxylic acids is 1. The van der Waals surface area contributed by atoms with Crippen molar-refractivity contribution < 1.29 is 9.90 Å². The van der Waals surface area contributed by atoms with Crippen LogP contribution in [-0.2, 0) is 4.79 Å². The predicted molar refractivity (Wildman–Crippen MR) is 57.9 cm³/mol. The summed E-state index contributed by atoms with van der Waals surface area (Å²) < 4.78 is 0. The Labute approximate surface area is 95.8 Å². The van der Waals surface area contributed by atoms with Gasteiger partial charge in [0.1, 0.15) is 11.1 Å². The summed E-state index contributed by atoms with van der Waals surface area (Å²) in [6.45, 7) is 0.571. The molecule has 0 saturated carbocycles. The molecule has 1 aromatic rings. The highest BCUT2D eigenvalue weighted by Crippen LogP contribution is 2.28. The van der Waals surface area contributed by atoms with Crippen molar-refractivity contribution in [2.24, 2.45) is 0 Å². The summed E-state index contributed by atoms with van der Waals surface area (Å²) in [5, 5.41) is 14.8. The van der Waals surface area contributed by atoms with E-state index in [1.54, 1.807) is 4.90 Å². The van der Waals surface area contributed by atoms with Crippen LogP contribution in [0.3, 0.4) is 0 Å². The normalized spacial score (nSPS) is 20.1. The summed E-state index contributed by atoms with van der Waals surface area (Å²) in [5.74, 6) is -0.908. The third-order valence-electron chi connectivity index (χ3n) is 2.62. The molecule has 0 aromatic carbocycles. The molecule has 0 aliphatic carbocycles. The largest absolute Gasteiger partial charge is 0.480 e. The molecule has 1 aliphatic heterocycles. The first-order valence-corrected chi connectivity index (χ1v) is 5.21. The summed E-state index contributed by atoms with van der Waals surface area (Å²) in [4.78, 5) is 23.8. The minimum atomic E-state index is -0.908. The van der Waals surface area contributed by atoms with Crippen molar-refractivity contribution in [3.63, 3.8) is 0 Å². The number of aromatic nitrogens is 2. The molecule has 0 radical (unpaired) electrons. The Morgan fingerprint density at radius 2 is 2.44 bits per heavy atom. The van der Waals surface area contributed by atoms with Gasteiger partial charge in [-0.25, -0.2) is 9.89 Å². The molecule has 2 heterocycles. The summed E-state index contributed by atoms with van der Waals surface area (Å²) in [7, 11) is 0. The maximum atomic E-state index is 11.2. The van der Waals surface area contributed by atoms with E-state index in [0.717, 1.165) is 6.42 Å². The fourth-order valence-electron chi connectivity index (χ4n) is 1.89. The Morgan fingerprint density at radius 3 is 3.12 bits per heavy atom. The lowest BCUT2D eigenvalue weighted by Gasteiger charge is -2.23. The number of carboxylic acids is 1. The summed E-state index contributed by atoms with van der Waals surface area (Å²) >= 11 is 5.82. The lowest BCUT2D eigenvalue weighted by molar-refractivity contribution is -0.138. The van der Waals surface area contributed by atoms with Crippen molar-refractivity contribution in [1.29, 1.82) is 0 Å². The SMILES string of the molecule is O=C(O)[C@H]1CCCN1c1cn[nH]c(=O)c1Cl. The average molecular weight is 244 g/mol. The van der Waals surface area contributed by atoms with Crippen LogP contribution >= 0.6 is 11.6 Å². The Balaban J connectivity index is 2.40. The highest BCUT2D eigenvalue weighted by molar-refractivity contribution is 6.33. The fourth-order valence-corrected chi connectivity index (χ4v) is 2.09. The van der Waals surface area contributed by atoms with Crippen LogP contribution in [-0.4, -0.2) is 33.9 Å². The summed E-state index contributed by atoms with van der Waals surface area (Å²) in [5.41, 5.74) is -0.120. The monoisotopic (exact) mass is 243 g/mol. The van der Waals surface area contributed by atoms with Gasteiger partial charge in [0.05, 0.1) is 11.9 Å². The highest BCUT2D eigenvalue weighted by atomic mass is 35.5. The topological polar surface area (TPSA) is 86.3 Å². The van der Waals surface area contributed by atoms with Gasteiger partial charge in [0.15, 0.2) is 0 Å². The zero-order valence-electron chi connectivity index (χ0n) is 8.31. The molecule has 1 aromatic heterocycles. The van der Waals surface area contributed by atoms with Gasteiger partial charge in [-0.2, -0.15) is 5.10 Å². The second-order valence-electron chi connectivity index (χ2n) is 3.59. The molecule has 0 amide bonds. The van der Waals surface area contributed by atoms with E-state index in [-0.39, 0.29) is 5.02 Å². The lowest BCUT2D eigenvalue weighted by Crippen LogP contribution is -2.37. The number of hydrogen-bond donors (Lipinski definition) is 2. The molecule has 0 unspecified atom stereocenters. The van der Waals surface area contributed by atoms with Crippen molar-refractivity contribution in [3.8, 4) is 0 Å². The maximum absolute atomic E-state index is 11.2. The van der Waals surface area contributed by atoms with Crippen LogP contribution in [0.1, 0.15) is 12.8 Å². The molecule has 16 heavy (non-hydrogen) atoms. The van der Waals surface area contributed by atoms with Crippen molar-refractivity contribution in [2.45, 2.75) is 18.9 Å². The maximum Gasteiger partial charge on any atom is 0.326 e. The Bertz CT molecular complexity index is 473. The molecule has 6 nitrogen and oxygen atoms in total. The van der Waals surface area contributed by atoms with Gasteiger partial charge in [0, 0.05) is 6.54 Å². The van der Waals surface area contributed by atoms with Gasteiger partial charge in [-0.1, -0.05) is 11.6 Å².